The molecule has 96 valence electrons. The number of hydrogen-bond donors (Lipinski definition) is 0. The Morgan fingerprint density at radius 2 is 1.61 bits per heavy atom. The predicted molar refractivity (Wildman–Crippen MR) is 78.3 cm³/mol. The van der Waals surface area contributed by atoms with Gasteiger partial charge in [0, 0.05) is 5.30 Å². The molecule has 0 aliphatic rings. The van der Waals surface area contributed by atoms with E-state index in [1.807, 2.05) is 45.0 Å². The summed E-state index contributed by atoms with van der Waals surface area (Å²) in [6.07, 6.45) is 0. The Kier molecular flexibility index (Phi) is 5.80. The van der Waals surface area contributed by atoms with Crippen LogP contribution in [0.4, 0.5) is 4.39 Å². The minimum atomic E-state index is -0.263. The lowest BCUT2D eigenvalue weighted by Crippen LogP contribution is -1.98. The van der Waals surface area contributed by atoms with Crippen LogP contribution in [0.15, 0.2) is 42.5 Å². The molecule has 0 fully saturated rings. The highest BCUT2D eigenvalue weighted by Gasteiger charge is 2.02. The topological polar surface area (TPSA) is 9.23 Å². The van der Waals surface area contributed by atoms with E-state index in [2.05, 4.69) is 9.24 Å². The summed E-state index contributed by atoms with van der Waals surface area (Å²) >= 11 is 0. The first-order chi connectivity index (χ1) is 8.65. The number of benzene rings is 2. The van der Waals surface area contributed by atoms with Gasteiger partial charge in [0.25, 0.3) is 0 Å². The van der Waals surface area contributed by atoms with Gasteiger partial charge in [-0.3, -0.25) is 0 Å². The number of rotatable bonds is 2. The van der Waals surface area contributed by atoms with Crippen LogP contribution < -0.4 is 10.0 Å². The maximum atomic E-state index is 12.9. The standard InChI is InChI=1S/C13H12FOP.C2H6/c1-9-2-5-11(6-3-9)15-12-7-4-10(14)8-13(12)16;1-2/h2-8H,16H2,1H3;1-2H3. The van der Waals surface area contributed by atoms with Crippen LogP contribution in [0.5, 0.6) is 11.5 Å². The van der Waals surface area contributed by atoms with Crippen molar-refractivity contribution in [1.82, 2.24) is 0 Å². The summed E-state index contributed by atoms with van der Waals surface area (Å²) in [5, 5.41) is 0.709. The molecule has 0 N–H and O–H groups in total. The second-order valence-corrected chi connectivity index (χ2v) is 4.22. The van der Waals surface area contributed by atoms with E-state index in [4.69, 9.17) is 4.74 Å². The maximum Gasteiger partial charge on any atom is 0.134 e. The first-order valence-corrected chi connectivity index (χ1v) is 6.52. The highest BCUT2D eigenvalue weighted by atomic mass is 31.0. The number of halogens is 1. The highest BCUT2D eigenvalue weighted by molar-refractivity contribution is 7.27. The monoisotopic (exact) mass is 264 g/mol. The van der Waals surface area contributed by atoms with Crippen molar-refractivity contribution in [3.05, 3.63) is 53.8 Å². The molecular weight excluding hydrogens is 246 g/mol. The Hall–Kier alpha value is -1.40. The van der Waals surface area contributed by atoms with Crippen LogP contribution in [0.2, 0.25) is 0 Å². The van der Waals surface area contributed by atoms with E-state index in [0.29, 0.717) is 11.1 Å². The van der Waals surface area contributed by atoms with Gasteiger partial charge in [-0.1, -0.05) is 31.5 Å². The lowest BCUT2D eigenvalue weighted by molar-refractivity contribution is 0.485. The van der Waals surface area contributed by atoms with Gasteiger partial charge < -0.3 is 4.74 Å². The smallest absolute Gasteiger partial charge is 0.134 e. The van der Waals surface area contributed by atoms with Crippen LogP contribution in [-0.2, 0) is 0 Å². The van der Waals surface area contributed by atoms with E-state index in [1.54, 1.807) is 6.07 Å². The molecule has 3 heteroatoms. The van der Waals surface area contributed by atoms with Gasteiger partial charge in [-0.2, -0.15) is 0 Å². The van der Waals surface area contributed by atoms with Gasteiger partial charge in [-0.05, 0) is 37.3 Å². The molecule has 1 unspecified atom stereocenters. The molecule has 2 aromatic rings. The minimum absolute atomic E-state index is 0.263. The zero-order valence-electron chi connectivity index (χ0n) is 10.9. The first kappa shape index (κ1) is 14.7. The van der Waals surface area contributed by atoms with Gasteiger partial charge in [0.05, 0.1) is 0 Å². The Morgan fingerprint density at radius 3 is 2.17 bits per heavy atom. The van der Waals surface area contributed by atoms with Crippen molar-refractivity contribution in [2.24, 2.45) is 0 Å². The molecule has 0 aliphatic carbocycles. The van der Waals surface area contributed by atoms with Gasteiger partial charge in [0.15, 0.2) is 0 Å². The fraction of sp³-hybridized carbons (Fsp3) is 0.200. The van der Waals surface area contributed by atoms with Crippen LogP contribution in [0, 0.1) is 12.7 Å². The molecule has 0 radical (unpaired) electrons. The molecule has 0 spiro atoms. The zero-order valence-corrected chi connectivity index (χ0v) is 12.1. The third-order valence-electron chi connectivity index (χ3n) is 2.22. The Labute approximate surface area is 110 Å². The summed E-state index contributed by atoms with van der Waals surface area (Å²) in [6.45, 7) is 6.02. The summed E-state index contributed by atoms with van der Waals surface area (Å²) in [5.41, 5.74) is 1.18. The third-order valence-corrected chi connectivity index (χ3v) is 2.67. The molecule has 1 atom stereocenters. The number of aryl methyl sites for hydroxylation is 1. The van der Waals surface area contributed by atoms with E-state index >= 15 is 0 Å². The van der Waals surface area contributed by atoms with Gasteiger partial charge in [0.2, 0.25) is 0 Å². The summed E-state index contributed by atoms with van der Waals surface area (Å²) in [5.74, 6) is 1.14. The second-order valence-electron chi connectivity index (χ2n) is 3.60. The fourth-order valence-electron chi connectivity index (χ4n) is 1.35. The van der Waals surface area contributed by atoms with Crippen molar-refractivity contribution < 1.29 is 9.13 Å². The molecule has 0 saturated carbocycles. The summed E-state index contributed by atoms with van der Waals surface area (Å²) in [6, 6.07) is 12.2. The summed E-state index contributed by atoms with van der Waals surface area (Å²) in [7, 11) is 2.46. The van der Waals surface area contributed by atoms with Crippen molar-refractivity contribution in [1.29, 1.82) is 0 Å². The molecule has 0 aliphatic heterocycles. The van der Waals surface area contributed by atoms with E-state index in [0.717, 1.165) is 5.75 Å². The molecule has 0 amide bonds. The fourth-order valence-corrected chi connectivity index (χ4v) is 1.66. The van der Waals surface area contributed by atoms with Gasteiger partial charge in [-0.25, -0.2) is 4.39 Å². The Bertz CT molecular complexity index is 494. The van der Waals surface area contributed by atoms with Crippen LogP contribution in [0.3, 0.4) is 0 Å². The molecule has 2 aromatic carbocycles. The van der Waals surface area contributed by atoms with E-state index in [1.165, 1.54) is 17.7 Å². The normalized spacial score (nSPS) is 9.39. The molecule has 0 bridgehead atoms. The average Bonchev–Trinajstić information content (AvgIpc) is 2.38. The van der Waals surface area contributed by atoms with Crippen LogP contribution in [-0.4, -0.2) is 0 Å². The van der Waals surface area contributed by atoms with Gasteiger partial charge in [-0.15, -0.1) is 9.24 Å². The predicted octanol–water partition coefficient (Wildman–Crippen LogP) is 4.45. The minimum Gasteiger partial charge on any atom is -0.457 e. The Morgan fingerprint density at radius 1 is 1.00 bits per heavy atom. The molecule has 0 saturated heterocycles. The summed E-state index contributed by atoms with van der Waals surface area (Å²) in [4.78, 5) is 0. The van der Waals surface area contributed by atoms with Crippen LogP contribution in [0.1, 0.15) is 19.4 Å². The SMILES string of the molecule is CC.Cc1ccc(Oc2ccc(F)cc2P)cc1. The molecule has 0 heterocycles. The van der Waals surface area contributed by atoms with Crippen LogP contribution in [0.25, 0.3) is 0 Å². The average molecular weight is 264 g/mol. The van der Waals surface area contributed by atoms with Gasteiger partial charge in [0.1, 0.15) is 17.3 Å². The quantitative estimate of drug-likeness (QED) is 0.728. The van der Waals surface area contributed by atoms with Gasteiger partial charge >= 0.3 is 0 Å². The number of ether oxygens (including phenoxy) is 1. The number of hydrogen-bond acceptors (Lipinski definition) is 1. The third kappa shape index (κ3) is 4.12. The lowest BCUT2D eigenvalue weighted by atomic mass is 10.2. The molecule has 0 aromatic heterocycles. The maximum absolute atomic E-state index is 12.9. The largest absolute Gasteiger partial charge is 0.457 e. The zero-order chi connectivity index (χ0) is 13.5. The van der Waals surface area contributed by atoms with Crippen molar-refractivity contribution in [2.45, 2.75) is 20.8 Å². The van der Waals surface area contributed by atoms with Crippen molar-refractivity contribution >= 4 is 14.5 Å². The Balaban J connectivity index is 0.000000771. The van der Waals surface area contributed by atoms with E-state index in [9.17, 15) is 4.39 Å². The van der Waals surface area contributed by atoms with Crippen molar-refractivity contribution in [3.63, 3.8) is 0 Å². The summed E-state index contributed by atoms with van der Waals surface area (Å²) < 4.78 is 18.5. The van der Waals surface area contributed by atoms with Crippen LogP contribution >= 0.6 is 9.24 Å². The second kappa shape index (κ2) is 7.13. The van der Waals surface area contributed by atoms with Crippen molar-refractivity contribution in [3.8, 4) is 11.5 Å². The molecule has 1 nitrogen and oxygen atoms in total. The first-order valence-electron chi connectivity index (χ1n) is 5.95. The molecule has 18 heavy (non-hydrogen) atoms. The lowest BCUT2D eigenvalue weighted by Gasteiger charge is -2.08. The van der Waals surface area contributed by atoms with E-state index in [-0.39, 0.29) is 5.82 Å². The molecular formula is C15H18FOP. The highest BCUT2D eigenvalue weighted by Crippen LogP contribution is 2.21. The van der Waals surface area contributed by atoms with Crippen molar-refractivity contribution in [2.75, 3.05) is 0 Å². The molecule has 2 rings (SSSR count). The van der Waals surface area contributed by atoms with E-state index < -0.39 is 0 Å².